The summed E-state index contributed by atoms with van der Waals surface area (Å²) in [5.74, 6) is -0.770. The van der Waals surface area contributed by atoms with Gasteiger partial charge >= 0.3 is 12.1 Å². The molecule has 5 heterocycles. The minimum Gasteiger partial charge on any atom is -0.478 e. The van der Waals surface area contributed by atoms with Gasteiger partial charge in [-0.1, -0.05) is 0 Å². The molecule has 13 heteroatoms. The number of alkyl halides is 3. The molecule has 0 aliphatic carbocycles. The summed E-state index contributed by atoms with van der Waals surface area (Å²) < 4.78 is 39.9. The maximum atomic E-state index is 13.3. The monoisotopic (exact) mass is 575 g/mol. The highest BCUT2D eigenvalue weighted by molar-refractivity contribution is 6.05. The number of nitrogens with zero attached hydrogens (tertiary/aromatic N) is 4. The summed E-state index contributed by atoms with van der Waals surface area (Å²) in [6, 6.07) is 14.7. The maximum Gasteiger partial charge on any atom is 0.416 e. The SMILES string of the molecule is O=C(O)c1ccc(C(=O)Nc2cc(Nc3cc(C(F)(F)F)ccn3)nc(-c3ccnc(N4CC5CC4CN5)c3)c2)cc1. The smallest absolute Gasteiger partial charge is 0.416 e. The first-order valence-electron chi connectivity index (χ1n) is 13.1. The molecule has 0 radical (unpaired) electrons. The molecule has 4 N–H and O–H groups in total. The highest BCUT2D eigenvalue weighted by Crippen LogP contribution is 2.33. The lowest BCUT2D eigenvalue weighted by atomic mass is 10.1. The number of halogens is 3. The second kappa shape index (κ2) is 10.7. The van der Waals surface area contributed by atoms with Crippen LogP contribution in [0.4, 0.5) is 36.3 Å². The first-order valence-corrected chi connectivity index (χ1v) is 13.1. The number of nitrogens with one attached hydrogen (secondary N) is 3. The molecule has 0 spiro atoms. The minimum atomic E-state index is -4.55. The number of aromatic carboxylic acids is 1. The van der Waals surface area contributed by atoms with Crippen molar-refractivity contribution < 1.29 is 27.9 Å². The van der Waals surface area contributed by atoms with Crippen molar-refractivity contribution in [3.63, 3.8) is 0 Å². The van der Waals surface area contributed by atoms with Crippen LogP contribution in [0.1, 0.15) is 32.7 Å². The minimum absolute atomic E-state index is 0.0355. The number of carboxylic acid groups (broad SMARTS) is 1. The number of benzene rings is 1. The van der Waals surface area contributed by atoms with E-state index in [1.54, 1.807) is 18.3 Å². The number of carbonyl (C=O) groups is 2. The van der Waals surface area contributed by atoms with E-state index >= 15 is 0 Å². The zero-order chi connectivity index (χ0) is 29.4. The van der Waals surface area contributed by atoms with Crippen molar-refractivity contribution in [3.8, 4) is 11.3 Å². The lowest BCUT2D eigenvalue weighted by Crippen LogP contribution is -2.43. The summed E-state index contributed by atoms with van der Waals surface area (Å²) in [5, 5.41) is 18.2. The van der Waals surface area contributed by atoms with Crippen LogP contribution >= 0.6 is 0 Å². The Morgan fingerprint density at radius 2 is 1.71 bits per heavy atom. The van der Waals surface area contributed by atoms with Crippen molar-refractivity contribution in [1.29, 1.82) is 0 Å². The number of hydrogen-bond donors (Lipinski definition) is 4. The van der Waals surface area contributed by atoms with Gasteiger partial charge in [-0.25, -0.2) is 19.7 Å². The van der Waals surface area contributed by atoms with E-state index in [0.717, 1.165) is 43.7 Å². The van der Waals surface area contributed by atoms with Crippen molar-refractivity contribution in [2.45, 2.75) is 24.7 Å². The van der Waals surface area contributed by atoms with Crippen LogP contribution < -0.4 is 20.9 Å². The number of hydrogen-bond acceptors (Lipinski definition) is 8. The Balaban J connectivity index is 1.33. The predicted octanol–water partition coefficient (Wildman–Crippen LogP) is 4.80. The maximum absolute atomic E-state index is 13.3. The van der Waals surface area contributed by atoms with Crippen LogP contribution in [-0.4, -0.2) is 57.1 Å². The predicted molar refractivity (Wildman–Crippen MR) is 149 cm³/mol. The van der Waals surface area contributed by atoms with Gasteiger partial charge in [-0.15, -0.1) is 0 Å². The third kappa shape index (κ3) is 5.72. The van der Waals surface area contributed by atoms with E-state index in [4.69, 9.17) is 5.11 Å². The summed E-state index contributed by atoms with van der Waals surface area (Å²) in [4.78, 5) is 39.6. The fraction of sp³-hybridized carbons (Fsp3) is 0.207. The fourth-order valence-corrected chi connectivity index (χ4v) is 5.16. The highest BCUT2D eigenvalue weighted by atomic mass is 19.4. The second-order valence-electron chi connectivity index (χ2n) is 10.1. The summed E-state index contributed by atoms with van der Waals surface area (Å²) in [5.41, 5.74) is 0.823. The lowest BCUT2D eigenvalue weighted by Gasteiger charge is -2.28. The van der Waals surface area contributed by atoms with E-state index in [-0.39, 0.29) is 22.8 Å². The second-order valence-corrected chi connectivity index (χ2v) is 10.1. The standard InChI is InChI=1S/C29H24F3N7O3/c30-29(31,32)19-6-8-33-24(10-19)38-25-13-20(36-27(40)16-1-3-17(4-2-16)28(41)42)12-23(37-25)18-5-7-34-26(9-18)39-15-21-11-22(39)14-35-21/h1-10,12-13,21-22,35H,11,14-15H2,(H,41,42)(H2,33,36,37,38,40). The van der Waals surface area contributed by atoms with Crippen LogP contribution in [0.5, 0.6) is 0 Å². The molecule has 4 aromatic rings. The number of carbonyl (C=O) groups excluding carboxylic acids is 1. The summed E-state index contributed by atoms with van der Waals surface area (Å²) >= 11 is 0. The zero-order valence-corrected chi connectivity index (χ0v) is 21.9. The molecular weight excluding hydrogens is 551 g/mol. The zero-order valence-electron chi connectivity index (χ0n) is 21.9. The van der Waals surface area contributed by atoms with Gasteiger partial charge in [0.1, 0.15) is 17.5 Å². The average Bonchev–Trinajstić information content (AvgIpc) is 3.61. The fourth-order valence-electron chi connectivity index (χ4n) is 5.16. The molecule has 2 bridgehead atoms. The van der Waals surface area contributed by atoms with E-state index in [9.17, 15) is 22.8 Å². The van der Waals surface area contributed by atoms with Gasteiger partial charge < -0.3 is 26.0 Å². The number of pyridine rings is 3. The van der Waals surface area contributed by atoms with Crippen LogP contribution in [0.3, 0.4) is 0 Å². The molecule has 2 atom stereocenters. The van der Waals surface area contributed by atoms with Gasteiger partial charge in [-0.05, 0) is 61.0 Å². The Morgan fingerprint density at radius 3 is 2.40 bits per heavy atom. The number of piperazine rings is 1. The van der Waals surface area contributed by atoms with Gasteiger partial charge in [-0.2, -0.15) is 13.2 Å². The van der Waals surface area contributed by atoms with Crippen LogP contribution in [0, 0.1) is 0 Å². The topological polar surface area (TPSA) is 132 Å². The van der Waals surface area contributed by atoms with Crippen LogP contribution in [0.25, 0.3) is 11.3 Å². The first kappa shape index (κ1) is 27.1. The van der Waals surface area contributed by atoms with Gasteiger partial charge in [-0.3, -0.25) is 4.79 Å². The Morgan fingerprint density at radius 1 is 0.952 bits per heavy atom. The molecule has 2 aliphatic heterocycles. The molecule has 42 heavy (non-hydrogen) atoms. The first-order chi connectivity index (χ1) is 20.1. The Labute approximate surface area is 237 Å². The molecule has 2 aliphatic rings. The number of rotatable bonds is 7. The molecule has 10 nitrogen and oxygen atoms in total. The highest BCUT2D eigenvalue weighted by Gasteiger charge is 2.38. The summed E-state index contributed by atoms with van der Waals surface area (Å²) in [7, 11) is 0. The van der Waals surface area contributed by atoms with Gasteiger partial charge in [0, 0.05) is 60.4 Å². The van der Waals surface area contributed by atoms with E-state index in [1.165, 1.54) is 30.3 Å². The molecule has 2 fully saturated rings. The van der Waals surface area contributed by atoms with Crippen LogP contribution in [-0.2, 0) is 6.18 Å². The Bertz CT molecular complexity index is 1660. The Hall–Kier alpha value is -5.04. The summed E-state index contributed by atoms with van der Waals surface area (Å²) in [6.45, 7) is 1.71. The molecule has 3 aromatic heterocycles. The van der Waals surface area contributed by atoms with Crippen molar-refractivity contribution in [2.75, 3.05) is 28.6 Å². The number of carboxylic acids is 1. The van der Waals surface area contributed by atoms with Crippen LogP contribution in [0.15, 0.2) is 73.1 Å². The third-order valence-corrected chi connectivity index (χ3v) is 7.21. The summed E-state index contributed by atoms with van der Waals surface area (Å²) in [6.07, 6.45) is -0.798. The van der Waals surface area contributed by atoms with E-state index in [2.05, 4.69) is 35.8 Å². The Kier molecular flexibility index (Phi) is 6.94. The lowest BCUT2D eigenvalue weighted by molar-refractivity contribution is -0.137. The molecule has 6 rings (SSSR count). The number of fused-ring (bicyclic) bond motifs is 2. The molecule has 0 saturated carbocycles. The van der Waals surface area contributed by atoms with Gasteiger partial charge in [0.2, 0.25) is 0 Å². The van der Waals surface area contributed by atoms with Gasteiger partial charge in [0.05, 0.1) is 16.8 Å². The molecule has 2 unspecified atom stereocenters. The van der Waals surface area contributed by atoms with Crippen molar-refractivity contribution in [1.82, 2.24) is 20.3 Å². The van der Waals surface area contributed by atoms with E-state index in [1.807, 2.05) is 6.07 Å². The number of anilines is 4. The van der Waals surface area contributed by atoms with Gasteiger partial charge in [0.15, 0.2) is 0 Å². The largest absolute Gasteiger partial charge is 0.478 e. The molecule has 214 valence electrons. The normalized spacial score (nSPS) is 17.7. The van der Waals surface area contributed by atoms with Crippen molar-refractivity contribution in [2.24, 2.45) is 0 Å². The third-order valence-electron chi connectivity index (χ3n) is 7.21. The van der Waals surface area contributed by atoms with Gasteiger partial charge in [0.25, 0.3) is 5.91 Å². The van der Waals surface area contributed by atoms with Crippen LogP contribution in [0.2, 0.25) is 0 Å². The molecule has 2 saturated heterocycles. The number of amides is 1. The molecular formula is C29H24F3N7O3. The number of aromatic nitrogens is 3. The van der Waals surface area contributed by atoms with Crippen molar-refractivity contribution >= 4 is 35.0 Å². The molecule has 1 aromatic carbocycles. The average molecular weight is 576 g/mol. The van der Waals surface area contributed by atoms with Crippen molar-refractivity contribution in [3.05, 3.63) is 89.7 Å². The quantitative estimate of drug-likeness (QED) is 0.245. The molecule has 1 amide bonds. The van der Waals surface area contributed by atoms with E-state index < -0.39 is 23.6 Å². The van der Waals surface area contributed by atoms with E-state index in [0.29, 0.717) is 29.0 Å².